The van der Waals surface area contributed by atoms with Gasteiger partial charge in [0, 0.05) is 6.54 Å². The number of carboxylic acids is 1. The third-order valence-corrected chi connectivity index (χ3v) is 2.44. The number of amides is 1. The molecule has 0 saturated heterocycles. The van der Waals surface area contributed by atoms with Gasteiger partial charge < -0.3 is 20.2 Å². The first-order chi connectivity index (χ1) is 9.04. The second-order valence-corrected chi connectivity index (χ2v) is 3.95. The maximum absolute atomic E-state index is 12.0. The van der Waals surface area contributed by atoms with Crippen LogP contribution in [0.15, 0.2) is 22.8 Å². The molecule has 1 aromatic rings. The van der Waals surface area contributed by atoms with Crippen LogP contribution >= 0.6 is 0 Å². The Hall–Kier alpha value is -2.33. The number of hydrogen-bond acceptors (Lipinski definition) is 5. The first-order valence-corrected chi connectivity index (χ1v) is 5.70. The zero-order chi connectivity index (χ0) is 14.3. The topological polar surface area (TPSA) is 121 Å². The zero-order valence-corrected chi connectivity index (χ0v) is 10.3. The van der Waals surface area contributed by atoms with Gasteiger partial charge in [-0.1, -0.05) is 0 Å². The van der Waals surface area contributed by atoms with Crippen LogP contribution in [0.2, 0.25) is 0 Å². The average molecular weight is 265 g/mol. The Kier molecular flexibility index (Phi) is 5.57. The molecule has 1 aromatic heterocycles. The van der Waals surface area contributed by atoms with Gasteiger partial charge in [-0.25, -0.2) is 0 Å². The van der Waals surface area contributed by atoms with Gasteiger partial charge in [-0.05, 0) is 12.1 Å². The van der Waals surface area contributed by atoms with Gasteiger partial charge in [0.25, 0.3) is 0 Å². The summed E-state index contributed by atoms with van der Waals surface area (Å²) in [6.07, 6.45) is 1.17. The molecule has 0 aromatic carbocycles. The number of hydrogen-bond donors (Lipinski definition) is 2. The molecule has 0 bridgehead atoms. The summed E-state index contributed by atoms with van der Waals surface area (Å²) in [7, 11) is 0. The Morgan fingerprint density at radius 2 is 2.32 bits per heavy atom. The van der Waals surface area contributed by atoms with Crippen LogP contribution in [0.4, 0.5) is 0 Å². The molecule has 0 fully saturated rings. The highest BCUT2D eigenvalue weighted by atomic mass is 16.4. The number of nitriles is 1. The molecule has 1 atom stereocenters. The van der Waals surface area contributed by atoms with Gasteiger partial charge in [-0.2, -0.15) is 5.26 Å². The number of nitrogens with two attached hydrogens (primary N) is 1. The first-order valence-electron chi connectivity index (χ1n) is 5.70. The molecule has 7 heteroatoms. The van der Waals surface area contributed by atoms with Crippen LogP contribution in [0, 0.1) is 11.3 Å². The minimum Gasteiger partial charge on any atom is -0.481 e. The monoisotopic (exact) mass is 265 g/mol. The molecule has 7 nitrogen and oxygen atoms in total. The van der Waals surface area contributed by atoms with Gasteiger partial charge in [0.1, 0.15) is 5.76 Å². The van der Waals surface area contributed by atoms with Crippen molar-refractivity contribution in [3.05, 3.63) is 24.2 Å². The maximum atomic E-state index is 12.0. The van der Waals surface area contributed by atoms with Crippen LogP contribution in [-0.2, 0) is 16.1 Å². The number of aliphatic carboxylic acids is 1. The molecule has 3 N–H and O–H groups in total. The zero-order valence-electron chi connectivity index (χ0n) is 10.3. The summed E-state index contributed by atoms with van der Waals surface area (Å²) >= 11 is 0. The number of furan rings is 1. The van der Waals surface area contributed by atoms with Gasteiger partial charge in [0.15, 0.2) is 0 Å². The SMILES string of the molecule is N#CCCN(Cc1ccco1)C(=O)C(N)CC(=O)O. The predicted octanol–water partition coefficient (Wildman–Crippen LogP) is 0.324. The van der Waals surface area contributed by atoms with Gasteiger partial charge in [0.2, 0.25) is 5.91 Å². The van der Waals surface area contributed by atoms with Crippen LogP contribution in [-0.4, -0.2) is 34.5 Å². The molecule has 1 rings (SSSR count). The van der Waals surface area contributed by atoms with E-state index in [1.165, 1.54) is 11.2 Å². The summed E-state index contributed by atoms with van der Waals surface area (Å²) in [4.78, 5) is 23.9. The lowest BCUT2D eigenvalue weighted by Crippen LogP contribution is -2.44. The minimum absolute atomic E-state index is 0.145. The third kappa shape index (κ3) is 4.81. The molecule has 102 valence electrons. The predicted molar refractivity (Wildman–Crippen MR) is 64.6 cm³/mol. The van der Waals surface area contributed by atoms with Gasteiger partial charge in [-0.3, -0.25) is 9.59 Å². The lowest BCUT2D eigenvalue weighted by atomic mass is 10.2. The Bertz CT molecular complexity index is 464. The highest BCUT2D eigenvalue weighted by Gasteiger charge is 2.23. The van der Waals surface area contributed by atoms with E-state index in [1.54, 1.807) is 12.1 Å². The normalized spacial score (nSPS) is 11.6. The van der Waals surface area contributed by atoms with E-state index < -0.39 is 24.3 Å². The van der Waals surface area contributed by atoms with Crippen LogP contribution in [0.3, 0.4) is 0 Å². The van der Waals surface area contributed by atoms with Crippen molar-refractivity contribution in [1.82, 2.24) is 4.90 Å². The highest BCUT2D eigenvalue weighted by Crippen LogP contribution is 2.08. The van der Waals surface area contributed by atoms with Gasteiger partial charge in [0.05, 0.1) is 37.8 Å². The molecule has 0 spiro atoms. The second-order valence-electron chi connectivity index (χ2n) is 3.95. The standard InChI is InChI=1S/C12H15N3O4/c13-4-2-5-15(8-9-3-1-6-19-9)12(18)10(14)7-11(16)17/h1,3,6,10H,2,5,7-8,14H2,(H,16,17). The molecule has 1 amide bonds. The number of nitrogens with zero attached hydrogens (tertiary/aromatic N) is 2. The van der Waals surface area contributed by atoms with Crippen molar-refractivity contribution in [1.29, 1.82) is 5.26 Å². The second kappa shape index (κ2) is 7.18. The largest absolute Gasteiger partial charge is 0.481 e. The fraction of sp³-hybridized carbons (Fsp3) is 0.417. The molecule has 0 aliphatic rings. The summed E-state index contributed by atoms with van der Waals surface area (Å²) in [5.41, 5.74) is 5.53. The van der Waals surface area contributed by atoms with E-state index in [0.717, 1.165) is 0 Å². The van der Waals surface area contributed by atoms with Gasteiger partial charge in [-0.15, -0.1) is 0 Å². The smallest absolute Gasteiger partial charge is 0.305 e. The molecule has 0 aliphatic heterocycles. The van der Waals surface area contributed by atoms with E-state index in [4.69, 9.17) is 20.5 Å². The van der Waals surface area contributed by atoms with E-state index >= 15 is 0 Å². The third-order valence-electron chi connectivity index (χ3n) is 2.44. The van der Waals surface area contributed by atoms with E-state index in [2.05, 4.69) is 0 Å². The fourth-order valence-corrected chi connectivity index (χ4v) is 1.55. The quantitative estimate of drug-likeness (QED) is 0.732. The maximum Gasteiger partial charge on any atom is 0.305 e. The van der Waals surface area contributed by atoms with Crippen LogP contribution < -0.4 is 5.73 Å². The molecule has 0 aliphatic carbocycles. The Morgan fingerprint density at radius 3 is 2.84 bits per heavy atom. The summed E-state index contributed by atoms with van der Waals surface area (Å²) in [5, 5.41) is 17.2. The van der Waals surface area contributed by atoms with Crippen molar-refractivity contribution in [3.63, 3.8) is 0 Å². The Balaban J connectivity index is 2.69. The van der Waals surface area contributed by atoms with E-state index in [-0.39, 0.29) is 19.5 Å². The molecule has 19 heavy (non-hydrogen) atoms. The summed E-state index contributed by atoms with van der Waals surface area (Å²) in [6, 6.07) is 4.18. The summed E-state index contributed by atoms with van der Waals surface area (Å²) < 4.78 is 5.12. The lowest BCUT2D eigenvalue weighted by Gasteiger charge is -2.23. The van der Waals surface area contributed by atoms with E-state index in [9.17, 15) is 9.59 Å². The van der Waals surface area contributed by atoms with Crippen molar-refractivity contribution >= 4 is 11.9 Å². The van der Waals surface area contributed by atoms with Crippen molar-refractivity contribution in [2.45, 2.75) is 25.4 Å². The number of carbonyl (C=O) groups is 2. The van der Waals surface area contributed by atoms with Crippen LogP contribution in [0.1, 0.15) is 18.6 Å². The highest BCUT2D eigenvalue weighted by molar-refractivity contribution is 5.85. The summed E-state index contributed by atoms with van der Waals surface area (Å²) in [6.45, 7) is 0.351. The van der Waals surface area contributed by atoms with Crippen LogP contribution in [0.25, 0.3) is 0 Å². The Morgan fingerprint density at radius 1 is 1.58 bits per heavy atom. The molecule has 1 unspecified atom stereocenters. The lowest BCUT2D eigenvalue weighted by molar-refractivity contribution is -0.142. The molecule has 0 radical (unpaired) electrons. The average Bonchev–Trinajstić information content (AvgIpc) is 2.85. The fourth-order valence-electron chi connectivity index (χ4n) is 1.55. The van der Waals surface area contributed by atoms with Gasteiger partial charge >= 0.3 is 5.97 Å². The van der Waals surface area contributed by atoms with Crippen LogP contribution in [0.5, 0.6) is 0 Å². The van der Waals surface area contributed by atoms with E-state index in [1.807, 2.05) is 6.07 Å². The minimum atomic E-state index is -1.14. The molecular formula is C12H15N3O4. The van der Waals surface area contributed by atoms with Crippen molar-refractivity contribution in [2.75, 3.05) is 6.54 Å². The number of rotatable bonds is 7. The first kappa shape index (κ1) is 14.7. The molecule has 1 heterocycles. The number of carbonyl (C=O) groups excluding carboxylic acids is 1. The Labute approximate surface area is 110 Å². The van der Waals surface area contributed by atoms with Crippen molar-refractivity contribution in [2.24, 2.45) is 5.73 Å². The molecular weight excluding hydrogens is 250 g/mol. The van der Waals surface area contributed by atoms with Crippen molar-refractivity contribution < 1.29 is 19.1 Å². The van der Waals surface area contributed by atoms with Crippen molar-refractivity contribution in [3.8, 4) is 6.07 Å². The molecule has 0 saturated carbocycles. The number of carboxylic acid groups (broad SMARTS) is 1. The summed E-state index contributed by atoms with van der Waals surface area (Å²) in [5.74, 6) is -1.10. The van der Waals surface area contributed by atoms with E-state index in [0.29, 0.717) is 5.76 Å².